The molecule has 5 rings (SSSR count). The Morgan fingerprint density at radius 2 is 1.92 bits per heavy atom. The van der Waals surface area contributed by atoms with E-state index in [1.165, 1.54) is 5.69 Å². The highest BCUT2D eigenvalue weighted by Gasteiger charge is 2.29. The molecule has 0 saturated heterocycles. The normalized spacial score (nSPS) is 20.8. The van der Waals surface area contributed by atoms with Crippen molar-refractivity contribution in [1.82, 2.24) is 19.6 Å². The molecule has 1 aromatic carbocycles. The molecule has 3 heterocycles. The van der Waals surface area contributed by atoms with Crippen LogP contribution in [0.1, 0.15) is 31.0 Å². The SMILES string of the molecule is c1ccc(N[C@@H]2CC[C@@H](c3nnc4ccc5[nH]ccc5n34)C2)cc1. The summed E-state index contributed by atoms with van der Waals surface area (Å²) in [5.74, 6) is 1.54. The molecule has 0 spiro atoms. The first-order chi connectivity index (χ1) is 11.9. The van der Waals surface area contributed by atoms with Crippen molar-refractivity contribution >= 4 is 22.4 Å². The lowest BCUT2D eigenvalue weighted by Gasteiger charge is -2.14. The molecule has 0 radical (unpaired) electrons. The van der Waals surface area contributed by atoms with E-state index in [0.29, 0.717) is 12.0 Å². The van der Waals surface area contributed by atoms with Gasteiger partial charge in [-0.15, -0.1) is 10.2 Å². The molecule has 0 aliphatic heterocycles. The summed E-state index contributed by atoms with van der Waals surface area (Å²) >= 11 is 0. The van der Waals surface area contributed by atoms with E-state index in [4.69, 9.17) is 0 Å². The number of anilines is 1. The van der Waals surface area contributed by atoms with Crippen LogP contribution in [0.5, 0.6) is 0 Å². The van der Waals surface area contributed by atoms with Crippen LogP contribution in [-0.2, 0) is 0 Å². The fourth-order valence-electron chi connectivity index (χ4n) is 3.91. The highest BCUT2D eigenvalue weighted by Crippen LogP contribution is 2.36. The summed E-state index contributed by atoms with van der Waals surface area (Å²) in [5.41, 5.74) is 4.41. The molecular formula is C19H19N5. The molecule has 24 heavy (non-hydrogen) atoms. The topological polar surface area (TPSA) is 58.0 Å². The lowest BCUT2D eigenvalue weighted by molar-refractivity contribution is 0.652. The Morgan fingerprint density at radius 1 is 1.00 bits per heavy atom. The Kier molecular flexibility index (Phi) is 3.04. The summed E-state index contributed by atoms with van der Waals surface area (Å²) < 4.78 is 2.21. The van der Waals surface area contributed by atoms with Gasteiger partial charge in [-0.2, -0.15) is 0 Å². The minimum Gasteiger partial charge on any atom is -0.382 e. The van der Waals surface area contributed by atoms with Gasteiger partial charge in [0.2, 0.25) is 0 Å². The number of fused-ring (bicyclic) bond motifs is 3. The Hall–Kier alpha value is -2.82. The molecular weight excluding hydrogens is 298 g/mol. The van der Waals surface area contributed by atoms with Gasteiger partial charge in [-0.25, -0.2) is 0 Å². The molecule has 1 aliphatic carbocycles. The molecule has 3 aromatic heterocycles. The Labute approximate surface area is 139 Å². The van der Waals surface area contributed by atoms with Crippen molar-refractivity contribution in [2.24, 2.45) is 0 Å². The fourth-order valence-corrected chi connectivity index (χ4v) is 3.91. The second-order valence-electron chi connectivity index (χ2n) is 6.58. The third-order valence-corrected chi connectivity index (χ3v) is 5.05. The maximum atomic E-state index is 4.52. The molecule has 0 unspecified atom stereocenters. The van der Waals surface area contributed by atoms with Crippen LogP contribution in [0.3, 0.4) is 0 Å². The average molecular weight is 317 g/mol. The van der Waals surface area contributed by atoms with Crippen molar-refractivity contribution in [3.8, 4) is 0 Å². The van der Waals surface area contributed by atoms with E-state index in [1.807, 2.05) is 18.3 Å². The summed E-state index contributed by atoms with van der Waals surface area (Å²) in [6.45, 7) is 0. The number of nitrogens with one attached hydrogen (secondary N) is 2. The Balaban J connectivity index is 1.45. The molecule has 1 saturated carbocycles. The van der Waals surface area contributed by atoms with Gasteiger partial charge < -0.3 is 10.3 Å². The van der Waals surface area contributed by atoms with E-state index in [-0.39, 0.29) is 0 Å². The zero-order valence-electron chi connectivity index (χ0n) is 13.3. The van der Waals surface area contributed by atoms with Crippen molar-refractivity contribution in [3.63, 3.8) is 0 Å². The quantitative estimate of drug-likeness (QED) is 0.601. The van der Waals surface area contributed by atoms with Crippen LogP contribution in [0.2, 0.25) is 0 Å². The second kappa shape index (κ2) is 5.37. The summed E-state index contributed by atoms with van der Waals surface area (Å²) in [5, 5.41) is 12.5. The zero-order valence-corrected chi connectivity index (χ0v) is 13.3. The Bertz CT molecular complexity index is 985. The van der Waals surface area contributed by atoms with Gasteiger partial charge in [0.1, 0.15) is 5.82 Å². The number of aromatic nitrogens is 4. The third-order valence-electron chi connectivity index (χ3n) is 5.05. The molecule has 2 atom stereocenters. The van der Waals surface area contributed by atoms with Crippen molar-refractivity contribution < 1.29 is 0 Å². The van der Waals surface area contributed by atoms with E-state index in [0.717, 1.165) is 41.8 Å². The number of benzene rings is 1. The minimum atomic E-state index is 0.446. The summed E-state index contributed by atoms with van der Waals surface area (Å²) in [6.07, 6.45) is 5.38. The lowest BCUT2D eigenvalue weighted by Crippen LogP contribution is -2.15. The van der Waals surface area contributed by atoms with Crippen LogP contribution >= 0.6 is 0 Å². The number of para-hydroxylation sites is 1. The predicted molar refractivity (Wildman–Crippen MR) is 95.3 cm³/mol. The summed E-state index contributed by atoms with van der Waals surface area (Å²) in [4.78, 5) is 3.27. The van der Waals surface area contributed by atoms with E-state index in [2.05, 4.69) is 61.3 Å². The standard InChI is InChI=1S/C19H19N5/c1-2-4-14(5-3-1)21-15-7-6-13(12-15)19-23-22-18-9-8-16-17(24(18)19)10-11-20-16/h1-5,8-11,13,15,20-21H,6-7,12H2/t13-,15-/m1/s1. The average Bonchev–Trinajstić information content (AvgIpc) is 3.33. The van der Waals surface area contributed by atoms with Gasteiger partial charge in [-0.05, 0) is 49.6 Å². The fraction of sp³-hybridized carbons (Fsp3) is 0.263. The van der Waals surface area contributed by atoms with Gasteiger partial charge in [-0.1, -0.05) is 18.2 Å². The maximum absolute atomic E-state index is 4.52. The van der Waals surface area contributed by atoms with Crippen LogP contribution in [0.25, 0.3) is 16.7 Å². The number of hydrogen-bond donors (Lipinski definition) is 2. The maximum Gasteiger partial charge on any atom is 0.161 e. The number of H-pyrrole nitrogens is 1. The van der Waals surface area contributed by atoms with Gasteiger partial charge >= 0.3 is 0 Å². The van der Waals surface area contributed by atoms with E-state index >= 15 is 0 Å². The summed E-state index contributed by atoms with van der Waals surface area (Å²) in [7, 11) is 0. The van der Waals surface area contributed by atoms with Gasteiger partial charge in [0.25, 0.3) is 0 Å². The number of rotatable bonds is 3. The molecule has 5 heteroatoms. The van der Waals surface area contributed by atoms with Crippen molar-refractivity contribution in [2.45, 2.75) is 31.2 Å². The molecule has 2 N–H and O–H groups in total. The molecule has 120 valence electrons. The molecule has 4 aromatic rings. The van der Waals surface area contributed by atoms with Gasteiger partial charge in [0, 0.05) is 23.8 Å². The molecule has 0 bridgehead atoms. The van der Waals surface area contributed by atoms with Crippen molar-refractivity contribution in [2.75, 3.05) is 5.32 Å². The molecule has 1 fully saturated rings. The largest absolute Gasteiger partial charge is 0.382 e. The smallest absolute Gasteiger partial charge is 0.161 e. The van der Waals surface area contributed by atoms with Crippen LogP contribution in [0, 0.1) is 0 Å². The first kappa shape index (κ1) is 13.6. The minimum absolute atomic E-state index is 0.446. The van der Waals surface area contributed by atoms with Crippen LogP contribution in [-0.4, -0.2) is 25.6 Å². The number of hydrogen-bond acceptors (Lipinski definition) is 3. The van der Waals surface area contributed by atoms with E-state index in [9.17, 15) is 0 Å². The molecule has 1 aliphatic rings. The molecule has 5 nitrogen and oxygen atoms in total. The van der Waals surface area contributed by atoms with Crippen LogP contribution < -0.4 is 5.32 Å². The zero-order chi connectivity index (χ0) is 15.9. The molecule has 0 amide bonds. The monoisotopic (exact) mass is 317 g/mol. The second-order valence-corrected chi connectivity index (χ2v) is 6.58. The van der Waals surface area contributed by atoms with Crippen molar-refractivity contribution in [3.05, 3.63) is 60.6 Å². The lowest BCUT2D eigenvalue weighted by atomic mass is 10.1. The van der Waals surface area contributed by atoms with Crippen LogP contribution in [0.15, 0.2) is 54.7 Å². The predicted octanol–water partition coefficient (Wildman–Crippen LogP) is 3.96. The third kappa shape index (κ3) is 2.16. The highest BCUT2D eigenvalue weighted by atomic mass is 15.3. The number of pyridine rings is 1. The number of aromatic amines is 1. The first-order valence-electron chi connectivity index (χ1n) is 8.51. The van der Waals surface area contributed by atoms with Gasteiger partial charge in [-0.3, -0.25) is 4.40 Å². The highest BCUT2D eigenvalue weighted by molar-refractivity contribution is 5.78. The first-order valence-corrected chi connectivity index (χ1v) is 8.51. The van der Waals surface area contributed by atoms with Crippen LogP contribution in [0.4, 0.5) is 5.69 Å². The van der Waals surface area contributed by atoms with Crippen molar-refractivity contribution in [1.29, 1.82) is 0 Å². The van der Waals surface area contributed by atoms with E-state index < -0.39 is 0 Å². The van der Waals surface area contributed by atoms with E-state index in [1.54, 1.807) is 0 Å². The summed E-state index contributed by atoms with van der Waals surface area (Å²) in [6, 6.07) is 17.1. The van der Waals surface area contributed by atoms with Gasteiger partial charge in [0.05, 0.1) is 11.0 Å². The number of nitrogens with zero attached hydrogens (tertiary/aromatic N) is 3. The van der Waals surface area contributed by atoms with Gasteiger partial charge in [0.15, 0.2) is 5.65 Å². The Morgan fingerprint density at radius 3 is 2.83 bits per heavy atom.